The number of anilines is 1. The molecule has 6 nitrogen and oxygen atoms in total. The van der Waals surface area contributed by atoms with Crippen LogP contribution in [0.15, 0.2) is 18.2 Å². The van der Waals surface area contributed by atoms with Crippen LogP contribution < -0.4 is 10.6 Å². The van der Waals surface area contributed by atoms with Crippen molar-refractivity contribution in [2.24, 2.45) is 0 Å². The number of carbonyl (C=O) groups excluding carboxylic acids is 1. The average molecular weight is 297 g/mol. The first-order valence-corrected chi connectivity index (χ1v) is 7.33. The third kappa shape index (κ3) is 4.12. The van der Waals surface area contributed by atoms with Crippen molar-refractivity contribution in [3.8, 4) is 0 Å². The Balaban J connectivity index is 3.02. The molecule has 0 saturated carbocycles. The van der Waals surface area contributed by atoms with E-state index >= 15 is 0 Å². The van der Waals surface area contributed by atoms with Gasteiger partial charge in [-0.15, -0.1) is 0 Å². The lowest BCUT2D eigenvalue weighted by Crippen LogP contribution is -2.26. The molecule has 0 aliphatic rings. The number of amides is 1. The summed E-state index contributed by atoms with van der Waals surface area (Å²) in [4.78, 5) is 22.1. The second kappa shape index (κ2) is 6.60. The number of nitro groups is 1. The molecule has 20 heavy (non-hydrogen) atoms. The number of hydrogen-bond donors (Lipinski definition) is 2. The smallest absolute Gasteiger partial charge is 0.293 e. The molecule has 0 atom stereocenters. The van der Waals surface area contributed by atoms with E-state index in [4.69, 9.17) is 0 Å². The lowest BCUT2D eigenvalue weighted by Gasteiger charge is -2.22. The topological polar surface area (TPSA) is 84.3 Å². The van der Waals surface area contributed by atoms with E-state index in [-0.39, 0.29) is 21.9 Å². The Morgan fingerprint density at radius 2 is 2.10 bits per heavy atom. The normalized spacial score (nSPS) is 11.0. The van der Waals surface area contributed by atoms with Crippen molar-refractivity contribution in [3.63, 3.8) is 0 Å². The van der Waals surface area contributed by atoms with Crippen molar-refractivity contribution in [2.75, 3.05) is 25.2 Å². The molecule has 110 valence electrons. The van der Waals surface area contributed by atoms with Gasteiger partial charge in [0, 0.05) is 30.0 Å². The summed E-state index contributed by atoms with van der Waals surface area (Å²) in [5, 5.41) is 16.6. The van der Waals surface area contributed by atoms with Crippen molar-refractivity contribution in [1.29, 1.82) is 0 Å². The van der Waals surface area contributed by atoms with Crippen LogP contribution in [0.4, 0.5) is 11.4 Å². The zero-order chi connectivity index (χ0) is 15.3. The van der Waals surface area contributed by atoms with E-state index < -0.39 is 4.92 Å². The Kier molecular flexibility index (Phi) is 5.38. The molecular formula is C13H19N3O3S. The fraction of sp³-hybridized carbons (Fsp3) is 0.462. The number of nitrogens with one attached hydrogen (secondary N) is 2. The number of hydrogen-bond acceptors (Lipinski definition) is 5. The molecule has 0 spiro atoms. The maximum absolute atomic E-state index is 11.5. The predicted octanol–water partition coefficient (Wildman–Crippen LogP) is 2.51. The van der Waals surface area contributed by atoms with E-state index in [2.05, 4.69) is 24.5 Å². The molecular weight excluding hydrogens is 278 g/mol. The van der Waals surface area contributed by atoms with Crippen LogP contribution >= 0.6 is 11.8 Å². The molecule has 0 aromatic heterocycles. The van der Waals surface area contributed by atoms with Gasteiger partial charge in [-0.05, 0) is 32.2 Å². The molecule has 1 rings (SSSR count). The number of rotatable bonds is 6. The standard InChI is InChI=1S/C13H19N3O3S/c1-13(2,20-4)8-15-10-6-5-9(12(17)14-3)7-11(10)16(18)19/h5-7,15H,8H2,1-4H3,(H,14,17). The molecule has 1 aromatic carbocycles. The molecule has 0 radical (unpaired) electrons. The highest BCUT2D eigenvalue weighted by molar-refractivity contribution is 7.99. The van der Waals surface area contributed by atoms with Crippen LogP contribution in [0.25, 0.3) is 0 Å². The van der Waals surface area contributed by atoms with Gasteiger partial charge in [0.05, 0.1) is 4.92 Å². The summed E-state index contributed by atoms with van der Waals surface area (Å²) in [5.74, 6) is -0.343. The van der Waals surface area contributed by atoms with Gasteiger partial charge >= 0.3 is 0 Å². The summed E-state index contributed by atoms with van der Waals surface area (Å²) in [5.41, 5.74) is 0.599. The molecule has 0 fully saturated rings. The maximum Gasteiger partial charge on any atom is 0.293 e. The summed E-state index contributed by atoms with van der Waals surface area (Å²) in [6.45, 7) is 4.69. The van der Waals surface area contributed by atoms with Crippen molar-refractivity contribution >= 4 is 29.0 Å². The zero-order valence-electron chi connectivity index (χ0n) is 12.0. The highest BCUT2D eigenvalue weighted by atomic mass is 32.2. The number of benzene rings is 1. The number of thioether (sulfide) groups is 1. The number of nitro benzene ring substituents is 1. The minimum absolute atomic E-state index is 0.0344. The Morgan fingerprint density at radius 1 is 1.45 bits per heavy atom. The highest BCUT2D eigenvalue weighted by Crippen LogP contribution is 2.28. The lowest BCUT2D eigenvalue weighted by atomic mass is 10.1. The second-order valence-electron chi connectivity index (χ2n) is 4.89. The first-order chi connectivity index (χ1) is 9.30. The average Bonchev–Trinajstić information content (AvgIpc) is 2.44. The SMILES string of the molecule is CNC(=O)c1ccc(NCC(C)(C)SC)c([N+](=O)[O-])c1. The van der Waals surface area contributed by atoms with E-state index in [0.717, 1.165) is 0 Å². The van der Waals surface area contributed by atoms with Crippen LogP contribution in [0, 0.1) is 10.1 Å². The van der Waals surface area contributed by atoms with Gasteiger partial charge in [0.1, 0.15) is 5.69 Å². The Hall–Kier alpha value is -1.76. The van der Waals surface area contributed by atoms with E-state index in [0.29, 0.717) is 12.2 Å². The van der Waals surface area contributed by atoms with Crippen molar-refractivity contribution < 1.29 is 9.72 Å². The van der Waals surface area contributed by atoms with Crippen molar-refractivity contribution in [3.05, 3.63) is 33.9 Å². The third-order valence-corrected chi connectivity index (χ3v) is 4.19. The number of nitrogens with zero attached hydrogens (tertiary/aromatic N) is 1. The van der Waals surface area contributed by atoms with Crippen LogP contribution in [-0.4, -0.2) is 35.4 Å². The van der Waals surface area contributed by atoms with Crippen molar-refractivity contribution in [1.82, 2.24) is 5.32 Å². The first kappa shape index (κ1) is 16.3. The molecule has 0 saturated heterocycles. The lowest BCUT2D eigenvalue weighted by molar-refractivity contribution is -0.384. The van der Waals surface area contributed by atoms with Crippen LogP contribution in [0.3, 0.4) is 0 Å². The summed E-state index contributed by atoms with van der Waals surface area (Å²) in [6, 6.07) is 4.42. The molecule has 7 heteroatoms. The van der Waals surface area contributed by atoms with Crippen LogP contribution in [0.1, 0.15) is 24.2 Å². The Morgan fingerprint density at radius 3 is 2.60 bits per heavy atom. The fourth-order valence-electron chi connectivity index (χ4n) is 1.50. The van der Waals surface area contributed by atoms with Crippen LogP contribution in [-0.2, 0) is 0 Å². The van der Waals surface area contributed by atoms with Gasteiger partial charge in [0.15, 0.2) is 0 Å². The predicted molar refractivity (Wildman–Crippen MR) is 82.6 cm³/mol. The molecule has 0 unspecified atom stereocenters. The van der Waals surface area contributed by atoms with E-state index in [1.165, 1.54) is 13.1 Å². The summed E-state index contributed by atoms with van der Waals surface area (Å²) in [6.07, 6.45) is 1.99. The maximum atomic E-state index is 11.5. The number of carbonyl (C=O) groups is 1. The summed E-state index contributed by atoms with van der Waals surface area (Å²) >= 11 is 1.68. The van der Waals surface area contributed by atoms with Gasteiger partial charge in [-0.1, -0.05) is 0 Å². The van der Waals surface area contributed by atoms with E-state index in [9.17, 15) is 14.9 Å². The van der Waals surface area contributed by atoms with Gasteiger partial charge in [-0.3, -0.25) is 14.9 Å². The van der Waals surface area contributed by atoms with Gasteiger partial charge in [0.25, 0.3) is 11.6 Å². The van der Waals surface area contributed by atoms with Crippen LogP contribution in [0.5, 0.6) is 0 Å². The quantitative estimate of drug-likeness (QED) is 0.622. The molecule has 0 aliphatic heterocycles. The molecule has 1 amide bonds. The highest BCUT2D eigenvalue weighted by Gasteiger charge is 2.20. The fourth-order valence-corrected chi connectivity index (χ4v) is 1.71. The van der Waals surface area contributed by atoms with E-state index in [1.807, 2.05) is 6.26 Å². The summed E-state index contributed by atoms with van der Waals surface area (Å²) < 4.78 is -0.0344. The van der Waals surface area contributed by atoms with Gasteiger partial charge in [0.2, 0.25) is 0 Å². The minimum atomic E-state index is -0.485. The first-order valence-electron chi connectivity index (χ1n) is 6.10. The van der Waals surface area contributed by atoms with Gasteiger partial charge in [-0.2, -0.15) is 11.8 Å². The molecule has 2 N–H and O–H groups in total. The zero-order valence-corrected chi connectivity index (χ0v) is 12.8. The third-order valence-electron chi connectivity index (χ3n) is 2.94. The van der Waals surface area contributed by atoms with Crippen LogP contribution in [0.2, 0.25) is 0 Å². The summed E-state index contributed by atoms with van der Waals surface area (Å²) in [7, 11) is 1.49. The van der Waals surface area contributed by atoms with E-state index in [1.54, 1.807) is 23.9 Å². The minimum Gasteiger partial charge on any atom is -0.378 e. The van der Waals surface area contributed by atoms with Crippen molar-refractivity contribution in [2.45, 2.75) is 18.6 Å². The largest absolute Gasteiger partial charge is 0.378 e. The van der Waals surface area contributed by atoms with Gasteiger partial charge < -0.3 is 10.6 Å². The Labute approximate surface area is 122 Å². The second-order valence-corrected chi connectivity index (χ2v) is 6.40. The van der Waals surface area contributed by atoms with Gasteiger partial charge in [-0.25, -0.2) is 0 Å². The molecule has 1 aromatic rings. The molecule has 0 heterocycles. The molecule has 0 bridgehead atoms. The Bertz CT molecular complexity index is 518. The monoisotopic (exact) mass is 297 g/mol. The molecule has 0 aliphatic carbocycles.